The fourth-order valence-corrected chi connectivity index (χ4v) is 3.45. The van der Waals surface area contributed by atoms with Crippen LogP contribution in [-0.4, -0.2) is 16.7 Å². The molecule has 1 heterocycles. The summed E-state index contributed by atoms with van der Waals surface area (Å²) in [5.41, 5.74) is 3.92. The summed E-state index contributed by atoms with van der Waals surface area (Å²) in [6, 6.07) is 18.2. The van der Waals surface area contributed by atoms with Gasteiger partial charge < -0.3 is 9.52 Å². The predicted molar refractivity (Wildman–Crippen MR) is 92.3 cm³/mol. The number of hydrogen-bond donors (Lipinski definition) is 2. The van der Waals surface area contributed by atoms with Crippen LogP contribution >= 0.6 is 0 Å². The molecule has 3 aromatic rings. The number of oxazole rings is 1. The van der Waals surface area contributed by atoms with Crippen LogP contribution in [-0.2, 0) is 18.5 Å². The Morgan fingerprint density at radius 2 is 1.88 bits per heavy atom. The fourth-order valence-electron chi connectivity index (χ4n) is 3.45. The third-order valence-corrected chi connectivity index (χ3v) is 4.80. The van der Waals surface area contributed by atoms with E-state index >= 15 is 0 Å². The van der Waals surface area contributed by atoms with Crippen molar-refractivity contribution in [3.63, 3.8) is 0 Å². The number of rotatable bonds is 5. The van der Waals surface area contributed by atoms with Crippen molar-refractivity contribution in [2.24, 2.45) is 0 Å². The molecule has 0 saturated heterocycles. The van der Waals surface area contributed by atoms with Gasteiger partial charge in [0.05, 0.1) is 17.8 Å². The average molecular weight is 320 g/mol. The Bertz CT molecular complexity index is 828. The third-order valence-electron chi connectivity index (χ3n) is 4.80. The molecule has 2 N–H and O–H groups in total. The second-order valence-electron chi connectivity index (χ2n) is 6.26. The lowest BCUT2D eigenvalue weighted by Gasteiger charge is -2.29. The third kappa shape index (κ3) is 2.64. The highest BCUT2D eigenvalue weighted by Gasteiger charge is 2.37. The van der Waals surface area contributed by atoms with Crippen LogP contribution < -0.4 is 5.32 Å². The largest absolute Gasteiger partial charge is 0.444 e. The van der Waals surface area contributed by atoms with Crippen molar-refractivity contribution in [1.82, 2.24) is 10.3 Å². The van der Waals surface area contributed by atoms with Gasteiger partial charge in [-0.15, -0.1) is 0 Å². The van der Waals surface area contributed by atoms with Gasteiger partial charge in [-0.2, -0.15) is 0 Å². The average Bonchev–Trinajstić information content (AvgIpc) is 3.26. The summed E-state index contributed by atoms with van der Waals surface area (Å²) in [5, 5.41) is 13.5. The molecule has 4 rings (SSSR count). The number of benzene rings is 2. The van der Waals surface area contributed by atoms with E-state index < -0.39 is 0 Å². The van der Waals surface area contributed by atoms with E-state index in [0.29, 0.717) is 12.4 Å². The first kappa shape index (κ1) is 15.1. The van der Waals surface area contributed by atoms with Gasteiger partial charge in [-0.25, -0.2) is 4.98 Å². The number of nitrogens with zero attached hydrogens (tertiary/aromatic N) is 1. The monoisotopic (exact) mass is 320 g/mol. The van der Waals surface area contributed by atoms with Gasteiger partial charge in [-0.1, -0.05) is 42.5 Å². The van der Waals surface area contributed by atoms with Crippen molar-refractivity contribution in [3.05, 3.63) is 77.7 Å². The summed E-state index contributed by atoms with van der Waals surface area (Å²) in [6.45, 7) is 0.638. The Balaban J connectivity index is 1.52. The molecule has 122 valence electrons. The molecule has 4 nitrogen and oxygen atoms in total. The van der Waals surface area contributed by atoms with E-state index in [1.807, 2.05) is 36.4 Å². The van der Waals surface area contributed by atoms with Crippen LogP contribution in [0.2, 0.25) is 0 Å². The molecule has 1 aliphatic rings. The Morgan fingerprint density at radius 3 is 2.71 bits per heavy atom. The Labute approximate surface area is 141 Å². The van der Waals surface area contributed by atoms with Crippen LogP contribution in [0.15, 0.2) is 65.3 Å². The topological polar surface area (TPSA) is 58.3 Å². The molecular weight excluding hydrogens is 300 g/mol. The number of aliphatic hydroxyl groups excluding tert-OH is 1. The van der Waals surface area contributed by atoms with Crippen molar-refractivity contribution >= 4 is 0 Å². The zero-order chi connectivity index (χ0) is 16.4. The fraction of sp³-hybridized carbons (Fsp3) is 0.250. The summed E-state index contributed by atoms with van der Waals surface area (Å²) in [4.78, 5) is 4.55. The summed E-state index contributed by atoms with van der Waals surface area (Å²) < 4.78 is 5.59. The van der Waals surface area contributed by atoms with Gasteiger partial charge in [0.2, 0.25) is 5.89 Å². The number of aryl methyl sites for hydroxylation is 1. The van der Waals surface area contributed by atoms with Crippen molar-refractivity contribution in [1.29, 1.82) is 0 Å². The molecule has 1 unspecified atom stereocenters. The first-order chi connectivity index (χ1) is 11.8. The highest BCUT2D eigenvalue weighted by molar-refractivity contribution is 5.52. The van der Waals surface area contributed by atoms with E-state index in [-0.39, 0.29) is 12.1 Å². The summed E-state index contributed by atoms with van der Waals surface area (Å²) >= 11 is 0. The van der Waals surface area contributed by atoms with Crippen molar-refractivity contribution in [2.45, 2.75) is 24.9 Å². The van der Waals surface area contributed by atoms with Crippen LogP contribution in [0, 0.1) is 0 Å². The van der Waals surface area contributed by atoms with Gasteiger partial charge in [-0.05, 0) is 36.1 Å². The molecular formula is C20H20N2O2. The molecule has 2 aromatic carbocycles. The van der Waals surface area contributed by atoms with Gasteiger partial charge in [0.25, 0.3) is 0 Å². The zero-order valence-electron chi connectivity index (χ0n) is 13.4. The molecule has 0 bridgehead atoms. The van der Waals surface area contributed by atoms with Crippen molar-refractivity contribution < 1.29 is 9.52 Å². The maximum Gasteiger partial charge on any atom is 0.226 e. The van der Waals surface area contributed by atoms with E-state index in [1.54, 1.807) is 6.26 Å². The second kappa shape index (κ2) is 6.23. The second-order valence-corrected chi connectivity index (χ2v) is 6.26. The standard InChI is InChI=1S/C20H20N2O2/c23-14-20(11-10-15-6-4-5-9-18(15)20)21-12-17-13-24-19(22-17)16-7-2-1-3-8-16/h1-9,13,21,23H,10-12,14H2. The van der Waals surface area contributed by atoms with E-state index in [4.69, 9.17) is 4.42 Å². The minimum atomic E-state index is -0.386. The molecule has 0 saturated carbocycles. The minimum Gasteiger partial charge on any atom is -0.444 e. The van der Waals surface area contributed by atoms with Gasteiger partial charge in [0.1, 0.15) is 6.26 Å². The van der Waals surface area contributed by atoms with Crippen molar-refractivity contribution in [3.8, 4) is 11.5 Å². The summed E-state index contributed by atoms with van der Waals surface area (Å²) in [7, 11) is 0. The van der Waals surface area contributed by atoms with Gasteiger partial charge in [0.15, 0.2) is 0 Å². The molecule has 4 heteroatoms. The van der Waals surface area contributed by atoms with Crippen LogP contribution in [0.1, 0.15) is 23.2 Å². The normalized spacial score (nSPS) is 19.4. The molecule has 1 aromatic heterocycles. The quantitative estimate of drug-likeness (QED) is 0.757. The molecule has 0 aliphatic heterocycles. The summed E-state index contributed by atoms with van der Waals surface area (Å²) in [6.07, 6.45) is 3.56. The van der Waals surface area contributed by atoms with Crippen LogP contribution in [0.5, 0.6) is 0 Å². The van der Waals surface area contributed by atoms with E-state index in [2.05, 4.69) is 28.5 Å². The number of nitrogens with one attached hydrogen (secondary N) is 1. The molecule has 0 radical (unpaired) electrons. The van der Waals surface area contributed by atoms with E-state index in [9.17, 15) is 5.11 Å². The molecule has 1 atom stereocenters. The summed E-state index contributed by atoms with van der Waals surface area (Å²) in [5.74, 6) is 0.622. The van der Waals surface area contributed by atoms with Gasteiger partial charge in [-0.3, -0.25) is 5.32 Å². The number of fused-ring (bicyclic) bond motifs is 1. The van der Waals surface area contributed by atoms with Gasteiger partial charge in [0, 0.05) is 12.1 Å². The number of aliphatic hydroxyl groups is 1. The number of aromatic nitrogens is 1. The maximum absolute atomic E-state index is 10.0. The lowest BCUT2D eigenvalue weighted by atomic mass is 9.92. The van der Waals surface area contributed by atoms with Gasteiger partial charge >= 0.3 is 0 Å². The molecule has 0 spiro atoms. The highest BCUT2D eigenvalue weighted by atomic mass is 16.3. The molecule has 1 aliphatic carbocycles. The minimum absolute atomic E-state index is 0.0768. The first-order valence-electron chi connectivity index (χ1n) is 8.25. The maximum atomic E-state index is 10.0. The SMILES string of the molecule is OCC1(NCc2coc(-c3ccccc3)n2)CCc2ccccc21. The zero-order valence-corrected chi connectivity index (χ0v) is 13.4. The molecule has 0 amide bonds. The van der Waals surface area contributed by atoms with Crippen LogP contribution in [0.4, 0.5) is 0 Å². The van der Waals surface area contributed by atoms with Crippen LogP contribution in [0.25, 0.3) is 11.5 Å². The Kier molecular flexibility index (Phi) is 3.92. The Hall–Kier alpha value is -2.43. The molecule has 0 fully saturated rings. The first-order valence-corrected chi connectivity index (χ1v) is 8.25. The Morgan fingerprint density at radius 1 is 1.08 bits per heavy atom. The van der Waals surface area contributed by atoms with Crippen molar-refractivity contribution in [2.75, 3.05) is 6.61 Å². The number of hydrogen-bond acceptors (Lipinski definition) is 4. The lowest BCUT2D eigenvalue weighted by Crippen LogP contribution is -2.43. The van der Waals surface area contributed by atoms with E-state index in [0.717, 1.165) is 24.1 Å². The highest BCUT2D eigenvalue weighted by Crippen LogP contribution is 2.36. The smallest absolute Gasteiger partial charge is 0.226 e. The predicted octanol–water partition coefficient (Wildman–Crippen LogP) is 3.27. The lowest BCUT2D eigenvalue weighted by molar-refractivity contribution is 0.158. The van der Waals surface area contributed by atoms with E-state index in [1.165, 1.54) is 11.1 Å². The molecule has 24 heavy (non-hydrogen) atoms. The van der Waals surface area contributed by atoms with Crippen LogP contribution in [0.3, 0.4) is 0 Å².